The van der Waals surface area contributed by atoms with Crippen LogP contribution in [0.4, 0.5) is 4.79 Å². The van der Waals surface area contributed by atoms with E-state index in [1.54, 1.807) is 0 Å². The molecule has 0 saturated carbocycles. The molecule has 2 aliphatic rings. The van der Waals surface area contributed by atoms with Gasteiger partial charge in [-0.3, -0.25) is 0 Å². The highest BCUT2D eigenvalue weighted by Gasteiger charge is 2.18. The molecule has 0 bridgehead atoms. The first-order valence-electron chi connectivity index (χ1n) is 6.21. The van der Waals surface area contributed by atoms with E-state index in [9.17, 15) is 4.79 Å². The quantitative estimate of drug-likeness (QED) is 0.655. The summed E-state index contributed by atoms with van der Waals surface area (Å²) in [4.78, 5) is 11.5. The van der Waals surface area contributed by atoms with E-state index in [4.69, 9.17) is 4.74 Å². The number of carbonyl (C=O) groups is 1. The molecule has 0 spiro atoms. The molecular formula is C11H21N3O2. The van der Waals surface area contributed by atoms with Crippen LogP contribution in [-0.2, 0) is 4.74 Å². The van der Waals surface area contributed by atoms with Gasteiger partial charge in [-0.2, -0.15) is 0 Å². The second-order valence-electron chi connectivity index (χ2n) is 4.57. The highest BCUT2D eigenvalue weighted by Crippen LogP contribution is 2.09. The van der Waals surface area contributed by atoms with E-state index in [0.717, 1.165) is 39.1 Å². The predicted molar refractivity (Wildman–Crippen MR) is 61.1 cm³/mol. The highest BCUT2D eigenvalue weighted by molar-refractivity contribution is 5.74. The minimum atomic E-state index is -0.0996. The Kier molecular flexibility index (Phi) is 4.42. The Morgan fingerprint density at radius 1 is 1.38 bits per heavy atom. The maximum Gasteiger partial charge on any atom is 0.316 e. The molecule has 3 N–H and O–H groups in total. The van der Waals surface area contributed by atoms with Crippen molar-refractivity contribution in [2.75, 3.05) is 26.2 Å². The SMILES string of the molecule is O=C(NCC1CCCNC1)NC1CCCO1. The first kappa shape index (κ1) is 11.7. The molecule has 5 heteroatoms. The molecule has 2 unspecified atom stereocenters. The van der Waals surface area contributed by atoms with Crippen LogP contribution in [0.3, 0.4) is 0 Å². The molecule has 2 fully saturated rings. The van der Waals surface area contributed by atoms with Crippen molar-refractivity contribution in [1.82, 2.24) is 16.0 Å². The van der Waals surface area contributed by atoms with E-state index in [0.29, 0.717) is 5.92 Å². The van der Waals surface area contributed by atoms with Crippen LogP contribution < -0.4 is 16.0 Å². The molecule has 2 amide bonds. The van der Waals surface area contributed by atoms with E-state index in [1.807, 2.05) is 0 Å². The molecule has 0 aliphatic carbocycles. The molecule has 0 aromatic carbocycles. The van der Waals surface area contributed by atoms with Crippen LogP contribution in [0, 0.1) is 5.92 Å². The maximum absolute atomic E-state index is 11.5. The van der Waals surface area contributed by atoms with Crippen molar-refractivity contribution in [2.45, 2.75) is 31.9 Å². The lowest BCUT2D eigenvalue weighted by Crippen LogP contribution is -2.45. The second-order valence-corrected chi connectivity index (χ2v) is 4.57. The third-order valence-electron chi connectivity index (χ3n) is 3.17. The minimum absolute atomic E-state index is 0.0792. The zero-order valence-electron chi connectivity index (χ0n) is 9.63. The third kappa shape index (κ3) is 3.64. The molecule has 2 rings (SSSR count). The van der Waals surface area contributed by atoms with Gasteiger partial charge in [0.15, 0.2) is 0 Å². The predicted octanol–water partition coefficient (Wildman–Crippen LogP) is 0.422. The van der Waals surface area contributed by atoms with E-state index in [1.165, 1.54) is 12.8 Å². The van der Waals surface area contributed by atoms with Crippen molar-refractivity contribution >= 4 is 6.03 Å². The topological polar surface area (TPSA) is 62.4 Å². The molecule has 0 aromatic heterocycles. The van der Waals surface area contributed by atoms with Crippen molar-refractivity contribution in [3.8, 4) is 0 Å². The number of amides is 2. The number of ether oxygens (including phenoxy) is 1. The summed E-state index contributed by atoms with van der Waals surface area (Å²) in [5.41, 5.74) is 0. The number of hydrogen-bond acceptors (Lipinski definition) is 3. The fourth-order valence-electron chi connectivity index (χ4n) is 2.22. The lowest BCUT2D eigenvalue weighted by atomic mass is 10.00. The van der Waals surface area contributed by atoms with Crippen LogP contribution in [0.15, 0.2) is 0 Å². The number of urea groups is 1. The molecule has 5 nitrogen and oxygen atoms in total. The Morgan fingerprint density at radius 3 is 3.00 bits per heavy atom. The Hall–Kier alpha value is -0.810. The Balaban J connectivity index is 1.59. The fourth-order valence-corrected chi connectivity index (χ4v) is 2.22. The summed E-state index contributed by atoms with van der Waals surface area (Å²) in [5, 5.41) is 9.07. The van der Waals surface area contributed by atoms with Crippen molar-refractivity contribution < 1.29 is 9.53 Å². The van der Waals surface area contributed by atoms with Crippen molar-refractivity contribution in [3.63, 3.8) is 0 Å². The van der Waals surface area contributed by atoms with Gasteiger partial charge in [-0.1, -0.05) is 0 Å². The fraction of sp³-hybridized carbons (Fsp3) is 0.909. The molecule has 92 valence electrons. The summed E-state index contributed by atoms with van der Waals surface area (Å²) in [7, 11) is 0. The molecule has 0 aromatic rings. The number of hydrogen-bond donors (Lipinski definition) is 3. The maximum atomic E-state index is 11.5. The minimum Gasteiger partial charge on any atom is -0.358 e. The van der Waals surface area contributed by atoms with Gasteiger partial charge in [0.1, 0.15) is 6.23 Å². The van der Waals surface area contributed by atoms with Crippen LogP contribution in [0.2, 0.25) is 0 Å². The van der Waals surface area contributed by atoms with Gasteiger partial charge in [-0.05, 0) is 44.7 Å². The number of carbonyl (C=O) groups excluding carboxylic acids is 1. The van der Waals surface area contributed by atoms with Gasteiger partial charge in [0, 0.05) is 13.2 Å². The summed E-state index contributed by atoms with van der Waals surface area (Å²) in [6, 6.07) is -0.0996. The molecule has 16 heavy (non-hydrogen) atoms. The van der Waals surface area contributed by atoms with Gasteiger partial charge in [-0.25, -0.2) is 4.79 Å². The summed E-state index contributed by atoms with van der Waals surface area (Å²) in [6.07, 6.45) is 4.30. The van der Waals surface area contributed by atoms with Crippen LogP contribution in [0.25, 0.3) is 0 Å². The van der Waals surface area contributed by atoms with Gasteiger partial charge in [0.25, 0.3) is 0 Å². The lowest BCUT2D eigenvalue weighted by molar-refractivity contribution is 0.0905. The van der Waals surface area contributed by atoms with Gasteiger partial charge < -0.3 is 20.7 Å². The zero-order valence-corrected chi connectivity index (χ0v) is 9.63. The van der Waals surface area contributed by atoms with E-state index in [2.05, 4.69) is 16.0 Å². The van der Waals surface area contributed by atoms with E-state index >= 15 is 0 Å². The van der Waals surface area contributed by atoms with Crippen LogP contribution >= 0.6 is 0 Å². The van der Waals surface area contributed by atoms with Crippen molar-refractivity contribution in [2.24, 2.45) is 5.92 Å². The molecule has 0 radical (unpaired) electrons. The Morgan fingerprint density at radius 2 is 2.31 bits per heavy atom. The first-order valence-corrected chi connectivity index (χ1v) is 6.21. The largest absolute Gasteiger partial charge is 0.358 e. The molecule has 2 atom stereocenters. The molecule has 2 heterocycles. The van der Waals surface area contributed by atoms with Crippen molar-refractivity contribution in [3.05, 3.63) is 0 Å². The first-order chi connectivity index (χ1) is 7.84. The van der Waals surface area contributed by atoms with E-state index in [-0.39, 0.29) is 12.3 Å². The van der Waals surface area contributed by atoms with Crippen molar-refractivity contribution in [1.29, 1.82) is 0 Å². The standard InChI is InChI=1S/C11H21N3O2/c15-11(14-10-4-2-6-16-10)13-8-9-3-1-5-12-7-9/h9-10,12H,1-8H2,(H2,13,14,15). The van der Waals surface area contributed by atoms with Crippen LogP contribution in [-0.4, -0.2) is 38.5 Å². The summed E-state index contributed by atoms with van der Waals surface area (Å²) in [6.45, 7) is 3.64. The van der Waals surface area contributed by atoms with Crippen LogP contribution in [0.1, 0.15) is 25.7 Å². The van der Waals surface area contributed by atoms with Gasteiger partial charge in [-0.15, -0.1) is 0 Å². The van der Waals surface area contributed by atoms with Gasteiger partial charge in [0.05, 0.1) is 0 Å². The summed E-state index contributed by atoms with van der Waals surface area (Å²) in [5.74, 6) is 0.573. The van der Waals surface area contributed by atoms with Gasteiger partial charge in [0.2, 0.25) is 0 Å². The molecule has 2 saturated heterocycles. The summed E-state index contributed by atoms with van der Waals surface area (Å²) < 4.78 is 5.33. The molecular weight excluding hydrogens is 206 g/mol. The monoisotopic (exact) mass is 227 g/mol. The third-order valence-corrected chi connectivity index (χ3v) is 3.17. The Labute approximate surface area is 96.3 Å². The normalized spacial score (nSPS) is 30.0. The number of rotatable bonds is 3. The number of piperidine rings is 1. The Bertz CT molecular complexity index is 223. The second kappa shape index (κ2) is 6.06. The molecule has 2 aliphatic heterocycles. The zero-order chi connectivity index (χ0) is 11.2. The summed E-state index contributed by atoms with van der Waals surface area (Å²) >= 11 is 0. The van der Waals surface area contributed by atoms with Crippen LogP contribution in [0.5, 0.6) is 0 Å². The van der Waals surface area contributed by atoms with Gasteiger partial charge >= 0.3 is 6.03 Å². The van der Waals surface area contributed by atoms with E-state index < -0.39 is 0 Å². The number of nitrogens with one attached hydrogen (secondary N) is 3. The lowest BCUT2D eigenvalue weighted by Gasteiger charge is -2.23. The highest BCUT2D eigenvalue weighted by atomic mass is 16.5. The smallest absolute Gasteiger partial charge is 0.316 e. The average molecular weight is 227 g/mol. The average Bonchev–Trinajstić information content (AvgIpc) is 2.81.